The zero-order chi connectivity index (χ0) is 18.7. The van der Waals surface area contributed by atoms with Gasteiger partial charge in [0.1, 0.15) is 0 Å². The van der Waals surface area contributed by atoms with Crippen molar-refractivity contribution >= 4 is 21.6 Å². The van der Waals surface area contributed by atoms with E-state index in [0.29, 0.717) is 16.8 Å². The predicted octanol–water partition coefficient (Wildman–Crippen LogP) is 3.71. The minimum absolute atomic E-state index is 0.174. The van der Waals surface area contributed by atoms with Crippen LogP contribution in [0.1, 0.15) is 43.1 Å². The largest absolute Gasteiger partial charge is 0.347 e. The van der Waals surface area contributed by atoms with E-state index in [2.05, 4.69) is 10.0 Å². The van der Waals surface area contributed by atoms with Gasteiger partial charge in [-0.05, 0) is 63.1 Å². The Hall–Kier alpha value is -2.34. The molecule has 0 aromatic heterocycles. The van der Waals surface area contributed by atoms with E-state index in [9.17, 15) is 13.2 Å². The van der Waals surface area contributed by atoms with Gasteiger partial charge in [-0.1, -0.05) is 25.1 Å². The first-order chi connectivity index (χ1) is 11.6. The van der Waals surface area contributed by atoms with Crippen LogP contribution in [0.15, 0.2) is 53.4 Å². The van der Waals surface area contributed by atoms with E-state index >= 15 is 0 Å². The molecule has 0 unspecified atom stereocenters. The molecule has 2 rings (SSSR count). The molecule has 0 saturated heterocycles. The SMILES string of the molecule is CCC(C)(C)NC(=O)c1ccc(NS(=O)(=O)c2ccccc2)c(C)c1. The number of nitrogens with one attached hydrogen (secondary N) is 2. The third-order valence-corrected chi connectivity index (χ3v) is 5.50. The number of rotatable bonds is 6. The number of anilines is 1. The van der Waals surface area contributed by atoms with Crippen molar-refractivity contribution in [3.63, 3.8) is 0 Å². The van der Waals surface area contributed by atoms with E-state index < -0.39 is 10.0 Å². The summed E-state index contributed by atoms with van der Waals surface area (Å²) in [6.45, 7) is 7.69. The van der Waals surface area contributed by atoms with Gasteiger partial charge in [0.15, 0.2) is 0 Å². The van der Waals surface area contributed by atoms with Crippen molar-refractivity contribution in [3.8, 4) is 0 Å². The van der Waals surface area contributed by atoms with Crippen LogP contribution in [0.2, 0.25) is 0 Å². The molecule has 0 spiro atoms. The molecule has 0 aliphatic rings. The van der Waals surface area contributed by atoms with E-state index in [0.717, 1.165) is 6.42 Å². The van der Waals surface area contributed by atoms with Crippen LogP contribution in [0.3, 0.4) is 0 Å². The Balaban J connectivity index is 2.21. The predicted molar refractivity (Wildman–Crippen MR) is 100 cm³/mol. The first-order valence-electron chi connectivity index (χ1n) is 8.16. The highest BCUT2D eigenvalue weighted by Crippen LogP contribution is 2.21. The average molecular weight is 360 g/mol. The minimum atomic E-state index is -3.65. The number of amides is 1. The summed E-state index contributed by atoms with van der Waals surface area (Å²) in [5.41, 5.74) is 1.34. The fourth-order valence-electron chi connectivity index (χ4n) is 2.19. The third kappa shape index (κ3) is 4.82. The Kier molecular flexibility index (Phi) is 5.52. The number of benzene rings is 2. The summed E-state index contributed by atoms with van der Waals surface area (Å²) in [6.07, 6.45) is 0.812. The Morgan fingerprint density at radius 1 is 1.08 bits per heavy atom. The molecule has 2 aromatic carbocycles. The fraction of sp³-hybridized carbons (Fsp3) is 0.316. The highest BCUT2D eigenvalue weighted by atomic mass is 32.2. The quantitative estimate of drug-likeness (QED) is 0.824. The molecule has 5 nitrogen and oxygen atoms in total. The lowest BCUT2D eigenvalue weighted by atomic mass is 10.0. The fourth-order valence-corrected chi connectivity index (χ4v) is 3.34. The number of carbonyl (C=O) groups excluding carboxylic acids is 1. The smallest absolute Gasteiger partial charge is 0.261 e. The molecule has 0 atom stereocenters. The van der Waals surface area contributed by atoms with Gasteiger partial charge in [0, 0.05) is 11.1 Å². The van der Waals surface area contributed by atoms with E-state index in [1.807, 2.05) is 20.8 Å². The first-order valence-corrected chi connectivity index (χ1v) is 9.64. The van der Waals surface area contributed by atoms with Crippen molar-refractivity contribution in [2.45, 2.75) is 44.6 Å². The Morgan fingerprint density at radius 2 is 1.72 bits per heavy atom. The Bertz CT molecular complexity index is 859. The molecule has 0 aliphatic heterocycles. The van der Waals surface area contributed by atoms with Gasteiger partial charge in [-0.2, -0.15) is 0 Å². The molecule has 25 heavy (non-hydrogen) atoms. The maximum Gasteiger partial charge on any atom is 0.261 e. The van der Waals surface area contributed by atoms with E-state index in [-0.39, 0.29) is 16.3 Å². The average Bonchev–Trinajstić information content (AvgIpc) is 2.57. The topological polar surface area (TPSA) is 75.3 Å². The van der Waals surface area contributed by atoms with Gasteiger partial charge < -0.3 is 5.32 Å². The van der Waals surface area contributed by atoms with Gasteiger partial charge in [0.2, 0.25) is 0 Å². The van der Waals surface area contributed by atoms with Crippen LogP contribution >= 0.6 is 0 Å². The van der Waals surface area contributed by atoms with Gasteiger partial charge in [-0.25, -0.2) is 8.42 Å². The van der Waals surface area contributed by atoms with Crippen molar-refractivity contribution in [2.75, 3.05) is 4.72 Å². The van der Waals surface area contributed by atoms with Gasteiger partial charge in [0.25, 0.3) is 15.9 Å². The summed E-state index contributed by atoms with van der Waals surface area (Å²) < 4.78 is 27.4. The number of aryl methyl sites for hydroxylation is 1. The van der Waals surface area contributed by atoms with E-state index in [4.69, 9.17) is 0 Å². The second-order valence-electron chi connectivity index (χ2n) is 6.64. The molecule has 2 N–H and O–H groups in total. The van der Waals surface area contributed by atoms with Crippen molar-refractivity contribution in [3.05, 3.63) is 59.7 Å². The van der Waals surface area contributed by atoms with Crippen LogP contribution in [0.5, 0.6) is 0 Å². The van der Waals surface area contributed by atoms with Crippen LogP contribution in [0.4, 0.5) is 5.69 Å². The van der Waals surface area contributed by atoms with Crippen LogP contribution in [0, 0.1) is 6.92 Å². The minimum Gasteiger partial charge on any atom is -0.347 e. The number of carbonyl (C=O) groups is 1. The van der Waals surface area contributed by atoms with Gasteiger partial charge in [-0.15, -0.1) is 0 Å². The normalized spacial score (nSPS) is 11.8. The molecule has 0 bridgehead atoms. The molecule has 0 fully saturated rings. The number of sulfonamides is 1. The van der Waals surface area contributed by atoms with E-state index in [1.54, 1.807) is 43.3 Å². The molecule has 0 heterocycles. The number of hydrogen-bond donors (Lipinski definition) is 2. The van der Waals surface area contributed by atoms with E-state index in [1.165, 1.54) is 12.1 Å². The number of hydrogen-bond acceptors (Lipinski definition) is 3. The van der Waals surface area contributed by atoms with Gasteiger partial charge in [-0.3, -0.25) is 9.52 Å². The zero-order valence-corrected chi connectivity index (χ0v) is 15.8. The van der Waals surface area contributed by atoms with Crippen LogP contribution in [-0.4, -0.2) is 19.9 Å². The molecule has 2 aromatic rings. The van der Waals surface area contributed by atoms with Crippen LogP contribution in [-0.2, 0) is 10.0 Å². The second-order valence-corrected chi connectivity index (χ2v) is 8.32. The summed E-state index contributed by atoms with van der Waals surface area (Å²) in [5.74, 6) is -0.174. The summed E-state index contributed by atoms with van der Waals surface area (Å²) >= 11 is 0. The van der Waals surface area contributed by atoms with Crippen molar-refractivity contribution in [1.82, 2.24) is 5.32 Å². The molecular formula is C19H24N2O3S. The van der Waals surface area contributed by atoms with Gasteiger partial charge in [0.05, 0.1) is 10.6 Å². The zero-order valence-electron chi connectivity index (χ0n) is 15.0. The summed E-state index contributed by atoms with van der Waals surface area (Å²) in [5, 5.41) is 2.97. The second kappa shape index (κ2) is 7.27. The Morgan fingerprint density at radius 3 is 2.28 bits per heavy atom. The lowest BCUT2D eigenvalue weighted by Gasteiger charge is -2.24. The monoisotopic (exact) mass is 360 g/mol. The molecule has 1 amide bonds. The molecule has 0 aliphatic carbocycles. The van der Waals surface area contributed by atoms with Crippen LogP contribution in [0.25, 0.3) is 0 Å². The van der Waals surface area contributed by atoms with Crippen molar-refractivity contribution in [1.29, 1.82) is 0 Å². The molecule has 0 saturated carbocycles. The maximum atomic E-state index is 12.4. The summed E-state index contributed by atoms with van der Waals surface area (Å²) in [4.78, 5) is 12.5. The summed E-state index contributed by atoms with van der Waals surface area (Å²) in [7, 11) is -3.65. The Labute approximate surface area is 149 Å². The summed E-state index contributed by atoms with van der Waals surface area (Å²) in [6, 6.07) is 13.1. The highest BCUT2D eigenvalue weighted by molar-refractivity contribution is 7.92. The van der Waals surface area contributed by atoms with Crippen molar-refractivity contribution < 1.29 is 13.2 Å². The third-order valence-electron chi connectivity index (χ3n) is 4.12. The lowest BCUT2D eigenvalue weighted by Crippen LogP contribution is -2.42. The van der Waals surface area contributed by atoms with Gasteiger partial charge >= 0.3 is 0 Å². The van der Waals surface area contributed by atoms with Crippen LogP contribution < -0.4 is 10.0 Å². The maximum absolute atomic E-state index is 12.4. The molecule has 134 valence electrons. The standard InChI is InChI=1S/C19H24N2O3S/c1-5-19(3,4)20-18(22)15-11-12-17(14(2)13-15)21-25(23,24)16-9-7-6-8-10-16/h6-13,21H,5H2,1-4H3,(H,20,22). The molecule has 0 radical (unpaired) electrons. The van der Waals surface area contributed by atoms with Crippen molar-refractivity contribution in [2.24, 2.45) is 0 Å². The highest BCUT2D eigenvalue weighted by Gasteiger charge is 2.20. The lowest BCUT2D eigenvalue weighted by molar-refractivity contribution is 0.0911. The molecular weight excluding hydrogens is 336 g/mol. The first kappa shape index (κ1) is 19.0. The molecule has 6 heteroatoms.